The second kappa shape index (κ2) is 5.65. The lowest BCUT2D eigenvalue weighted by Crippen LogP contribution is -1.90. The molecule has 2 aromatic rings. The highest BCUT2D eigenvalue weighted by Crippen LogP contribution is 2.23. The predicted molar refractivity (Wildman–Crippen MR) is 76.5 cm³/mol. The third-order valence-corrected chi connectivity index (χ3v) is 3.02. The summed E-state index contributed by atoms with van der Waals surface area (Å²) in [6.07, 6.45) is 1.86. The molecule has 0 aliphatic rings. The molecular weight excluding hydrogens is 220 g/mol. The maximum absolute atomic E-state index is 9.19. The van der Waals surface area contributed by atoms with Crippen LogP contribution in [0.15, 0.2) is 54.6 Å². The van der Waals surface area contributed by atoms with Gasteiger partial charge in [-0.1, -0.05) is 65.7 Å². The van der Waals surface area contributed by atoms with Gasteiger partial charge in [0.05, 0.1) is 6.61 Å². The Labute approximate surface area is 108 Å². The molecule has 92 valence electrons. The van der Waals surface area contributed by atoms with Crippen LogP contribution in [0.4, 0.5) is 0 Å². The summed E-state index contributed by atoms with van der Waals surface area (Å²) in [5.41, 5.74) is 5.84. The maximum Gasteiger partial charge on any atom is 0.0621 e. The van der Waals surface area contributed by atoms with E-state index < -0.39 is 0 Å². The lowest BCUT2D eigenvalue weighted by Gasteiger charge is -2.09. The van der Waals surface area contributed by atoms with Crippen molar-refractivity contribution in [3.8, 4) is 0 Å². The maximum atomic E-state index is 9.19. The number of aliphatic hydroxyl groups is 1. The molecule has 0 fully saturated rings. The summed E-state index contributed by atoms with van der Waals surface area (Å²) in [6, 6.07) is 16.7. The smallest absolute Gasteiger partial charge is 0.0621 e. The molecule has 1 nitrogen and oxygen atoms in total. The fourth-order valence-electron chi connectivity index (χ4n) is 1.96. The summed E-state index contributed by atoms with van der Waals surface area (Å²) in [6.45, 7) is 4.20. The van der Waals surface area contributed by atoms with E-state index in [0.717, 1.165) is 16.7 Å². The summed E-state index contributed by atoms with van der Waals surface area (Å²) >= 11 is 0. The average molecular weight is 238 g/mol. The van der Waals surface area contributed by atoms with Gasteiger partial charge in [-0.15, -0.1) is 0 Å². The van der Waals surface area contributed by atoms with E-state index in [2.05, 4.69) is 62.4 Å². The van der Waals surface area contributed by atoms with Gasteiger partial charge in [0.2, 0.25) is 0 Å². The molecule has 1 N–H and O–H groups in total. The summed E-state index contributed by atoms with van der Waals surface area (Å²) in [5.74, 6) is 0. The molecule has 0 aromatic heterocycles. The molecule has 0 aliphatic carbocycles. The molecule has 0 saturated carbocycles. The Hall–Kier alpha value is -1.86. The van der Waals surface area contributed by atoms with Crippen LogP contribution in [0, 0.1) is 13.8 Å². The third kappa shape index (κ3) is 2.88. The van der Waals surface area contributed by atoms with E-state index in [1.54, 1.807) is 0 Å². The van der Waals surface area contributed by atoms with Crippen molar-refractivity contribution < 1.29 is 5.11 Å². The van der Waals surface area contributed by atoms with Gasteiger partial charge in [0.15, 0.2) is 0 Å². The zero-order valence-corrected chi connectivity index (χ0v) is 10.9. The van der Waals surface area contributed by atoms with Crippen molar-refractivity contribution in [2.75, 3.05) is 6.61 Å². The highest BCUT2D eigenvalue weighted by atomic mass is 16.2. The van der Waals surface area contributed by atoms with Gasteiger partial charge in [-0.3, -0.25) is 0 Å². The minimum absolute atomic E-state index is 0.0527. The zero-order valence-electron chi connectivity index (χ0n) is 10.9. The van der Waals surface area contributed by atoms with Crippen molar-refractivity contribution in [2.24, 2.45) is 0 Å². The first-order valence-electron chi connectivity index (χ1n) is 6.16. The molecule has 0 spiro atoms. The fraction of sp³-hybridized carbons (Fsp3) is 0.176. The SMILES string of the molecule is Cc1ccc(C(=CCO)c2ccc(C)cc2)cc1. The number of hydrogen-bond donors (Lipinski definition) is 1. The van der Waals surface area contributed by atoms with Crippen molar-refractivity contribution >= 4 is 5.57 Å². The van der Waals surface area contributed by atoms with Gasteiger partial charge in [-0.05, 0) is 30.5 Å². The van der Waals surface area contributed by atoms with E-state index in [-0.39, 0.29) is 6.61 Å². The minimum atomic E-state index is 0.0527. The molecule has 2 aromatic carbocycles. The van der Waals surface area contributed by atoms with Crippen LogP contribution in [0.5, 0.6) is 0 Å². The molecule has 0 unspecified atom stereocenters. The Morgan fingerprint density at radius 2 is 1.22 bits per heavy atom. The van der Waals surface area contributed by atoms with E-state index in [1.807, 2.05) is 6.08 Å². The average Bonchev–Trinajstić information content (AvgIpc) is 2.39. The third-order valence-electron chi connectivity index (χ3n) is 3.02. The van der Waals surface area contributed by atoms with Crippen molar-refractivity contribution in [1.82, 2.24) is 0 Å². The van der Waals surface area contributed by atoms with E-state index in [0.29, 0.717) is 0 Å². The topological polar surface area (TPSA) is 20.2 Å². The largest absolute Gasteiger partial charge is 0.392 e. The number of rotatable bonds is 3. The molecule has 0 aliphatic heterocycles. The van der Waals surface area contributed by atoms with Gasteiger partial charge in [0.1, 0.15) is 0 Å². The number of aliphatic hydroxyl groups excluding tert-OH is 1. The first-order chi connectivity index (χ1) is 8.70. The van der Waals surface area contributed by atoms with Crippen molar-refractivity contribution in [1.29, 1.82) is 0 Å². The van der Waals surface area contributed by atoms with Crippen LogP contribution in [-0.2, 0) is 0 Å². The molecule has 2 rings (SSSR count). The molecule has 0 heterocycles. The number of aryl methyl sites for hydroxylation is 2. The molecule has 0 atom stereocenters. The molecule has 0 radical (unpaired) electrons. The predicted octanol–water partition coefficient (Wildman–Crippen LogP) is 3.73. The molecule has 0 saturated heterocycles. The number of benzene rings is 2. The van der Waals surface area contributed by atoms with Crippen molar-refractivity contribution in [3.05, 3.63) is 76.9 Å². The highest BCUT2D eigenvalue weighted by molar-refractivity contribution is 5.79. The van der Waals surface area contributed by atoms with Crippen LogP contribution in [-0.4, -0.2) is 11.7 Å². The zero-order chi connectivity index (χ0) is 13.0. The second-order valence-electron chi connectivity index (χ2n) is 4.53. The second-order valence-corrected chi connectivity index (χ2v) is 4.53. The molecule has 18 heavy (non-hydrogen) atoms. The van der Waals surface area contributed by atoms with Crippen LogP contribution in [0.3, 0.4) is 0 Å². The minimum Gasteiger partial charge on any atom is -0.392 e. The Bertz CT molecular complexity index is 485. The molecular formula is C17H18O. The van der Waals surface area contributed by atoms with E-state index in [4.69, 9.17) is 0 Å². The van der Waals surface area contributed by atoms with Crippen LogP contribution in [0.1, 0.15) is 22.3 Å². The molecule has 1 heteroatoms. The van der Waals surface area contributed by atoms with Crippen LogP contribution in [0.25, 0.3) is 5.57 Å². The molecule has 0 bridgehead atoms. The first kappa shape index (κ1) is 12.6. The standard InChI is InChI=1S/C17H18O/c1-13-3-7-15(8-4-13)17(11-12-18)16-9-5-14(2)6-10-16/h3-11,18H,12H2,1-2H3. The lowest BCUT2D eigenvalue weighted by atomic mass is 9.96. The Morgan fingerprint density at radius 3 is 1.56 bits per heavy atom. The van der Waals surface area contributed by atoms with Crippen LogP contribution >= 0.6 is 0 Å². The fourth-order valence-corrected chi connectivity index (χ4v) is 1.96. The van der Waals surface area contributed by atoms with Crippen LogP contribution < -0.4 is 0 Å². The monoisotopic (exact) mass is 238 g/mol. The van der Waals surface area contributed by atoms with Gasteiger partial charge >= 0.3 is 0 Å². The van der Waals surface area contributed by atoms with Crippen LogP contribution in [0.2, 0.25) is 0 Å². The summed E-state index contributed by atoms with van der Waals surface area (Å²) in [4.78, 5) is 0. The number of hydrogen-bond acceptors (Lipinski definition) is 1. The summed E-state index contributed by atoms with van der Waals surface area (Å²) in [7, 11) is 0. The van der Waals surface area contributed by atoms with Gasteiger partial charge in [-0.25, -0.2) is 0 Å². The van der Waals surface area contributed by atoms with Gasteiger partial charge in [0, 0.05) is 0 Å². The van der Waals surface area contributed by atoms with E-state index in [9.17, 15) is 5.11 Å². The van der Waals surface area contributed by atoms with Gasteiger partial charge < -0.3 is 5.11 Å². The van der Waals surface area contributed by atoms with Crippen molar-refractivity contribution in [2.45, 2.75) is 13.8 Å². The Morgan fingerprint density at radius 1 is 0.833 bits per heavy atom. The normalized spacial score (nSPS) is 10.2. The summed E-state index contributed by atoms with van der Waals surface area (Å²) < 4.78 is 0. The Kier molecular flexibility index (Phi) is 3.96. The highest BCUT2D eigenvalue weighted by Gasteiger charge is 2.04. The summed E-state index contributed by atoms with van der Waals surface area (Å²) in [5, 5.41) is 9.19. The Balaban J connectivity index is 2.43. The van der Waals surface area contributed by atoms with Gasteiger partial charge in [-0.2, -0.15) is 0 Å². The van der Waals surface area contributed by atoms with E-state index >= 15 is 0 Å². The first-order valence-corrected chi connectivity index (χ1v) is 6.16. The van der Waals surface area contributed by atoms with Gasteiger partial charge in [0.25, 0.3) is 0 Å². The van der Waals surface area contributed by atoms with Crippen molar-refractivity contribution in [3.63, 3.8) is 0 Å². The quantitative estimate of drug-likeness (QED) is 0.864. The molecule has 0 amide bonds. The van der Waals surface area contributed by atoms with E-state index in [1.165, 1.54) is 11.1 Å². The lowest BCUT2D eigenvalue weighted by molar-refractivity contribution is 0.343.